The number of halogens is 1. The van der Waals surface area contributed by atoms with E-state index < -0.39 is 6.10 Å². The Morgan fingerprint density at radius 2 is 2.38 bits per heavy atom. The van der Waals surface area contributed by atoms with Gasteiger partial charge in [0.15, 0.2) is 0 Å². The van der Waals surface area contributed by atoms with Gasteiger partial charge >= 0.3 is 0 Å². The van der Waals surface area contributed by atoms with Gasteiger partial charge in [0, 0.05) is 6.54 Å². The van der Waals surface area contributed by atoms with Crippen LogP contribution in [0.25, 0.3) is 0 Å². The second kappa shape index (κ2) is 4.76. The third-order valence-electron chi connectivity index (χ3n) is 2.48. The number of amides is 1. The molecule has 86 valence electrons. The standard InChI is InChI=1S/C10H12ClN3O2/c11-9-5-12-3-7(14-9)10(16)13-4-8(15)6-1-2-6/h3,5-6,8,15H,1-2,4H2,(H,13,16). The molecule has 1 unspecified atom stereocenters. The molecule has 5 nitrogen and oxygen atoms in total. The van der Waals surface area contributed by atoms with Gasteiger partial charge in [0.05, 0.1) is 18.5 Å². The highest BCUT2D eigenvalue weighted by atomic mass is 35.5. The molecule has 1 atom stereocenters. The maximum absolute atomic E-state index is 11.6. The maximum Gasteiger partial charge on any atom is 0.271 e. The summed E-state index contributed by atoms with van der Waals surface area (Å²) >= 11 is 5.61. The van der Waals surface area contributed by atoms with Gasteiger partial charge in [-0.2, -0.15) is 0 Å². The van der Waals surface area contributed by atoms with Crippen LogP contribution in [0.5, 0.6) is 0 Å². The fraction of sp³-hybridized carbons (Fsp3) is 0.500. The molecule has 1 fully saturated rings. The normalized spacial score (nSPS) is 16.9. The van der Waals surface area contributed by atoms with Crippen molar-refractivity contribution in [1.29, 1.82) is 0 Å². The van der Waals surface area contributed by atoms with Crippen molar-refractivity contribution in [2.45, 2.75) is 18.9 Å². The molecule has 0 saturated heterocycles. The van der Waals surface area contributed by atoms with Crippen LogP contribution in [0.3, 0.4) is 0 Å². The summed E-state index contributed by atoms with van der Waals surface area (Å²) in [5.74, 6) is -0.0274. The summed E-state index contributed by atoms with van der Waals surface area (Å²) < 4.78 is 0. The molecule has 6 heteroatoms. The van der Waals surface area contributed by atoms with Crippen LogP contribution in [0.4, 0.5) is 0 Å². The Hall–Kier alpha value is -1.20. The van der Waals surface area contributed by atoms with Crippen LogP contribution < -0.4 is 5.32 Å². The number of nitrogens with zero attached hydrogens (tertiary/aromatic N) is 2. The smallest absolute Gasteiger partial charge is 0.271 e. The Kier molecular flexibility index (Phi) is 3.36. The molecule has 2 N–H and O–H groups in total. The summed E-state index contributed by atoms with van der Waals surface area (Å²) in [6.45, 7) is 0.248. The van der Waals surface area contributed by atoms with Crippen LogP contribution in [0.15, 0.2) is 12.4 Å². The molecule has 1 aromatic rings. The van der Waals surface area contributed by atoms with E-state index in [2.05, 4.69) is 15.3 Å². The van der Waals surface area contributed by atoms with Gasteiger partial charge in [-0.1, -0.05) is 11.6 Å². The van der Waals surface area contributed by atoms with Crippen LogP contribution >= 0.6 is 11.6 Å². The van der Waals surface area contributed by atoms with Gasteiger partial charge in [-0.05, 0) is 18.8 Å². The van der Waals surface area contributed by atoms with Gasteiger partial charge in [-0.3, -0.25) is 9.78 Å². The van der Waals surface area contributed by atoms with Crippen LogP contribution in [0, 0.1) is 5.92 Å². The highest BCUT2D eigenvalue weighted by Crippen LogP contribution is 2.32. The van der Waals surface area contributed by atoms with Crippen molar-refractivity contribution < 1.29 is 9.90 Å². The SMILES string of the molecule is O=C(NCC(O)C1CC1)c1cncc(Cl)n1. The van der Waals surface area contributed by atoms with Crippen molar-refractivity contribution in [1.82, 2.24) is 15.3 Å². The zero-order valence-electron chi connectivity index (χ0n) is 8.56. The van der Waals surface area contributed by atoms with E-state index in [0.29, 0.717) is 5.92 Å². The first-order valence-corrected chi connectivity index (χ1v) is 5.48. The van der Waals surface area contributed by atoms with Crippen LogP contribution in [0.2, 0.25) is 5.15 Å². The van der Waals surface area contributed by atoms with Gasteiger partial charge < -0.3 is 10.4 Å². The van der Waals surface area contributed by atoms with Crippen molar-refractivity contribution in [3.05, 3.63) is 23.2 Å². The number of hydrogen-bond donors (Lipinski definition) is 2. The lowest BCUT2D eigenvalue weighted by molar-refractivity contribution is 0.0896. The topological polar surface area (TPSA) is 75.1 Å². The number of aliphatic hydroxyl groups excluding tert-OH is 1. The molecular formula is C10H12ClN3O2. The Morgan fingerprint density at radius 1 is 1.62 bits per heavy atom. The average Bonchev–Trinajstić information content (AvgIpc) is 3.09. The third kappa shape index (κ3) is 2.90. The van der Waals surface area contributed by atoms with E-state index in [-0.39, 0.29) is 23.3 Å². The van der Waals surface area contributed by atoms with Crippen LogP contribution in [-0.2, 0) is 0 Å². The lowest BCUT2D eigenvalue weighted by Crippen LogP contribution is -2.33. The van der Waals surface area contributed by atoms with Crippen LogP contribution in [-0.4, -0.2) is 33.6 Å². The van der Waals surface area contributed by atoms with Gasteiger partial charge in [0.2, 0.25) is 0 Å². The number of carbonyl (C=O) groups excluding carboxylic acids is 1. The van der Waals surface area contributed by atoms with Crippen molar-refractivity contribution in [3.63, 3.8) is 0 Å². The zero-order chi connectivity index (χ0) is 11.5. The molecule has 1 aliphatic carbocycles. The average molecular weight is 242 g/mol. The Labute approximate surface area is 97.9 Å². The molecule has 0 radical (unpaired) electrons. The first kappa shape index (κ1) is 11.3. The summed E-state index contributed by atoms with van der Waals surface area (Å²) in [7, 11) is 0. The molecule has 1 amide bonds. The minimum absolute atomic E-state index is 0.162. The second-order valence-corrected chi connectivity index (χ2v) is 4.23. The fourth-order valence-electron chi connectivity index (χ4n) is 1.39. The highest BCUT2D eigenvalue weighted by Gasteiger charge is 2.29. The molecule has 0 spiro atoms. The number of carbonyl (C=O) groups is 1. The van der Waals surface area contributed by atoms with Gasteiger partial charge in [-0.25, -0.2) is 4.98 Å². The van der Waals surface area contributed by atoms with E-state index in [4.69, 9.17) is 11.6 Å². The summed E-state index contributed by atoms with van der Waals surface area (Å²) in [5.41, 5.74) is 0.162. The van der Waals surface area contributed by atoms with Gasteiger partial charge in [0.1, 0.15) is 10.8 Å². The lowest BCUT2D eigenvalue weighted by atomic mass is 10.2. The van der Waals surface area contributed by atoms with E-state index in [1.807, 2.05) is 0 Å². The minimum Gasteiger partial charge on any atom is -0.391 e. The fourth-order valence-corrected chi connectivity index (χ4v) is 1.53. The molecule has 0 aliphatic heterocycles. The molecule has 0 bridgehead atoms. The summed E-state index contributed by atoms with van der Waals surface area (Å²) in [6, 6.07) is 0. The first-order valence-electron chi connectivity index (χ1n) is 5.10. The van der Waals surface area contributed by atoms with Crippen molar-refractivity contribution in [3.8, 4) is 0 Å². The molecule has 2 rings (SSSR count). The summed E-state index contributed by atoms with van der Waals surface area (Å²) in [5, 5.41) is 12.3. The van der Waals surface area contributed by atoms with E-state index in [9.17, 15) is 9.90 Å². The molecule has 1 aliphatic rings. The number of hydrogen-bond acceptors (Lipinski definition) is 4. The second-order valence-electron chi connectivity index (χ2n) is 3.84. The zero-order valence-corrected chi connectivity index (χ0v) is 9.31. The summed E-state index contributed by atoms with van der Waals surface area (Å²) in [4.78, 5) is 19.1. The molecule has 1 aromatic heterocycles. The first-order chi connectivity index (χ1) is 7.66. The van der Waals surface area contributed by atoms with E-state index >= 15 is 0 Å². The molecule has 16 heavy (non-hydrogen) atoms. The number of aromatic nitrogens is 2. The number of nitrogens with one attached hydrogen (secondary N) is 1. The highest BCUT2D eigenvalue weighted by molar-refractivity contribution is 6.29. The molecule has 1 heterocycles. The predicted octanol–water partition coefficient (Wildman–Crippen LogP) is 0.631. The maximum atomic E-state index is 11.6. The van der Waals surface area contributed by atoms with E-state index in [0.717, 1.165) is 12.8 Å². The molecule has 0 aromatic carbocycles. The largest absolute Gasteiger partial charge is 0.391 e. The van der Waals surface area contributed by atoms with Gasteiger partial charge in [-0.15, -0.1) is 0 Å². The van der Waals surface area contributed by atoms with Gasteiger partial charge in [0.25, 0.3) is 5.91 Å². The quantitative estimate of drug-likeness (QED) is 0.811. The van der Waals surface area contributed by atoms with E-state index in [1.54, 1.807) is 0 Å². The van der Waals surface area contributed by atoms with Crippen molar-refractivity contribution in [2.75, 3.05) is 6.54 Å². The number of aliphatic hydroxyl groups is 1. The van der Waals surface area contributed by atoms with E-state index in [1.165, 1.54) is 12.4 Å². The monoisotopic (exact) mass is 241 g/mol. The Balaban J connectivity index is 1.87. The minimum atomic E-state index is -0.462. The predicted molar refractivity (Wildman–Crippen MR) is 58.1 cm³/mol. The van der Waals surface area contributed by atoms with Crippen molar-refractivity contribution in [2.24, 2.45) is 5.92 Å². The third-order valence-corrected chi connectivity index (χ3v) is 2.66. The summed E-state index contributed by atoms with van der Waals surface area (Å²) in [6.07, 6.45) is 4.31. The number of rotatable bonds is 4. The molecular weight excluding hydrogens is 230 g/mol. The lowest BCUT2D eigenvalue weighted by Gasteiger charge is -2.09. The molecule has 1 saturated carbocycles. The Bertz CT molecular complexity index is 395. The van der Waals surface area contributed by atoms with Crippen LogP contribution in [0.1, 0.15) is 23.3 Å². The van der Waals surface area contributed by atoms with Crippen molar-refractivity contribution >= 4 is 17.5 Å². The Morgan fingerprint density at radius 3 is 3.00 bits per heavy atom.